The Morgan fingerprint density at radius 2 is 1.94 bits per heavy atom. The molecule has 0 amide bonds. The topological polar surface area (TPSA) is 60.3 Å². The summed E-state index contributed by atoms with van der Waals surface area (Å²) < 4.78 is 24.8. The summed E-state index contributed by atoms with van der Waals surface area (Å²) in [6, 6.07) is 1.69. The average molecular weight is 238 g/mol. The normalized spacial score (nSPS) is 10.8. The number of anilines is 1. The van der Waals surface area contributed by atoms with Crippen LogP contribution in [0.4, 0.5) is 10.2 Å². The quantitative estimate of drug-likeness (QED) is 0.860. The number of benzene rings is 1. The Hall–Kier alpha value is -1.91. The Balaban J connectivity index is 2.66. The molecule has 0 unspecified atom stereocenters. The van der Waals surface area contributed by atoms with Crippen LogP contribution in [0.5, 0.6) is 11.5 Å². The Bertz CT molecular complexity index is 537. The molecule has 4 nitrogen and oxygen atoms in total. The molecule has 5 heteroatoms. The SMILES string of the molecule is CCOc1cc2c(N)[nH]cc2c(F)c1OCC. The van der Waals surface area contributed by atoms with E-state index in [0.29, 0.717) is 35.6 Å². The number of hydrogen-bond acceptors (Lipinski definition) is 3. The lowest BCUT2D eigenvalue weighted by atomic mass is 10.2. The first-order valence-electron chi connectivity index (χ1n) is 5.53. The van der Waals surface area contributed by atoms with Gasteiger partial charge in [-0.05, 0) is 19.9 Å². The molecule has 0 aliphatic heterocycles. The molecule has 0 spiro atoms. The number of nitrogen functional groups attached to an aromatic ring is 1. The fourth-order valence-corrected chi connectivity index (χ4v) is 1.76. The van der Waals surface area contributed by atoms with Crippen molar-refractivity contribution in [1.29, 1.82) is 0 Å². The van der Waals surface area contributed by atoms with E-state index >= 15 is 0 Å². The molecule has 3 N–H and O–H groups in total. The summed E-state index contributed by atoms with van der Waals surface area (Å²) in [6.45, 7) is 4.45. The third kappa shape index (κ3) is 1.88. The van der Waals surface area contributed by atoms with Crippen LogP contribution in [0.3, 0.4) is 0 Å². The van der Waals surface area contributed by atoms with Gasteiger partial charge >= 0.3 is 0 Å². The van der Waals surface area contributed by atoms with E-state index in [1.165, 1.54) is 6.20 Å². The summed E-state index contributed by atoms with van der Waals surface area (Å²) >= 11 is 0. The van der Waals surface area contributed by atoms with Crippen molar-refractivity contribution >= 4 is 16.6 Å². The van der Waals surface area contributed by atoms with Crippen molar-refractivity contribution < 1.29 is 13.9 Å². The molecular formula is C12H15FN2O2. The highest BCUT2D eigenvalue weighted by Gasteiger charge is 2.17. The lowest BCUT2D eigenvalue weighted by molar-refractivity contribution is 0.277. The summed E-state index contributed by atoms with van der Waals surface area (Å²) in [7, 11) is 0. The van der Waals surface area contributed by atoms with Gasteiger partial charge in [0.15, 0.2) is 17.3 Å². The Labute approximate surface area is 98.5 Å². The van der Waals surface area contributed by atoms with Gasteiger partial charge < -0.3 is 20.2 Å². The van der Waals surface area contributed by atoms with Crippen LogP contribution in [0, 0.1) is 5.82 Å². The van der Waals surface area contributed by atoms with Gasteiger partial charge in [0, 0.05) is 17.0 Å². The van der Waals surface area contributed by atoms with Crippen LogP contribution in [0.25, 0.3) is 10.8 Å². The molecule has 2 rings (SSSR count). The van der Waals surface area contributed by atoms with Crippen LogP contribution in [0.15, 0.2) is 12.3 Å². The van der Waals surface area contributed by atoms with E-state index in [9.17, 15) is 4.39 Å². The maximum absolute atomic E-state index is 14.2. The minimum absolute atomic E-state index is 0.140. The van der Waals surface area contributed by atoms with Crippen molar-refractivity contribution in [3.8, 4) is 11.5 Å². The van der Waals surface area contributed by atoms with E-state index in [1.54, 1.807) is 13.0 Å². The van der Waals surface area contributed by atoms with Crippen molar-refractivity contribution in [3.05, 3.63) is 18.1 Å². The fourth-order valence-electron chi connectivity index (χ4n) is 1.76. The largest absolute Gasteiger partial charge is 0.490 e. The van der Waals surface area contributed by atoms with Gasteiger partial charge in [-0.2, -0.15) is 0 Å². The molecule has 1 aromatic heterocycles. The number of H-pyrrole nitrogens is 1. The van der Waals surface area contributed by atoms with Gasteiger partial charge in [0.05, 0.1) is 13.2 Å². The highest BCUT2D eigenvalue weighted by molar-refractivity contribution is 5.95. The summed E-state index contributed by atoms with van der Waals surface area (Å²) in [5.74, 6) is 0.496. The number of aromatic amines is 1. The van der Waals surface area contributed by atoms with Gasteiger partial charge in [0.2, 0.25) is 0 Å². The summed E-state index contributed by atoms with van der Waals surface area (Å²) in [6.07, 6.45) is 1.53. The Kier molecular flexibility index (Phi) is 3.08. The Morgan fingerprint density at radius 3 is 2.59 bits per heavy atom. The molecule has 0 saturated carbocycles. The maximum Gasteiger partial charge on any atom is 0.197 e. The first-order valence-corrected chi connectivity index (χ1v) is 5.53. The number of ether oxygens (including phenoxy) is 2. The van der Waals surface area contributed by atoms with E-state index < -0.39 is 5.82 Å². The molecule has 0 fully saturated rings. The van der Waals surface area contributed by atoms with Crippen LogP contribution in [0.1, 0.15) is 13.8 Å². The second kappa shape index (κ2) is 4.53. The molecule has 0 bridgehead atoms. The zero-order valence-corrected chi connectivity index (χ0v) is 9.84. The summed E-state index contributed by atoms with van der Waals surface area (Å²) in [5, 5.41) is 1.02. The molecule has 17 heavy (non-hydrogen) atoms. The number of nitrogens with one attached hydrogen (secondary N) is 1. The van der Waals surface area contributed by atoms with E-state index in [1.807, 2.05) is 6.92 Å². The number of hydrogen-bond donors (Lipinski definition) is 2. The van der Waals surface area contributed by atoms with Gasteiger partial charge in [-0.1, -0.05) is 0 Å². The van der Waals surface area contributed by atoms with Crippen LogP contribution in [0.2, 0.25) is 0 Å². The number of nitrogens with two attached hydrogens (primary N) is 1. The van der Waals surface area contributed by atoms with Gasteiger partial charge in [-0.25, -0.2) is 4.39 Å². The zero-order chi connectivity index (χ0) is 12.4. The minimum atomic E-state index is -0.444. The predicted molar refractivity (Wildman–Crippen MR) is 65.0 cm³/mol. The summed E-state index contributed by atoms with van der Waals surface area (Å²) in [5.41, 5.74) is 5.72. The molecule has 0 saturated heterocycles. The third-order valence-corrected chi connectivity index (χ3v) is 2.48. The van der Waals surface area contributed by atoms with Gasteiger partial charge in [-0.15, -0.1) is 0 Å². The van der Waals surface area contributed by atoms with E-state index in [2.05, 4.69) is 4.98 Å². The highest BCUT2D eigenvalue weighted by Crippen LogP contribution is 2.38. The second-order valence-corrected chi connectivity index (χ2v) is 3.55. The third-order valence-electron chi connectivity index (χ3n) is 2.48. The molecule has 0 aliphatic carbocycles. The molecule has 0 aliphatic rings. The number of halogens is 1. The zero-order valence-electron chi connectivity index (χ0n) is 9.84. The molecular weight excluding hydrogens is 223 g/mol. The first-order chi connectivity index (χ1) is 8.19. The first kappa shape index (κ1) is 11.6. The molecule has 2 aromatic rings. The molecule has 1 heterocycles. The van der Waals surface area contributed by atoms with Crippen molar-refractivity contribution in [2.24, 2.45) is 0 Å². The monoisotopic (exact) mass is 238 g/mol. The Morgan fingerprint density at radius 1 is 1.24 bits per heavy atom. The lowest BCUT2D eigenvalue weighted by Crippen LogP contribution is -2.01. The minimum Gasteiger partial charge on any atom is -0.490 e. The van der Waals surface area contributed by atoms with Crippen molar-refractivity contribution in [3.63, 3.8) is 0 Å². The van der Waals surface area contributed by atoms with Crippen LogP contribution in [-0.2, 0) is 0 Å². The predicted octanol–water partition coefficient (Wildman–Crippen LogP) is 2.69. The summed E-state index contributed by atoms with van der Waals surface area (Å²) in [4.78, 5) is 2.78. The smallest absolute Gasteiger partial charge is 0.197 e. The van der Waals surface area contributed by atoms with Crippen LogP contribution < -0.4 is 15.2 Å². The van der Waals surface area contributed by atoms with Gasteiger partial charge in [0.1, 0.15) is 5.82 Å². The van der Waals surface area contributed by atoms with Crippen molar-refractivity contribution in [2.45, 2.75) is 13.8 Å². The van der Waals surface area contributed by atoms with Crippen molar-refractivity contribution in [1.82, 2.24) is 4.98 Å². The molecule has 92 valence electrons. The number of aromatic nitrogens is 1. The number of fused-ring (bicyclic) bond motifs is 1. The van der Waals surface area contributed by atoms with E-state index in [4.69, 9.17) is 15.2 Å². The maximum atomic E-state index is 14.2. The van der Waals surface area contributed by atoms with Crippen molar-refractivity contribution in [2.75, 3.05) is 18.9 Å². The molecule has 0 atom stereocenters. The number of rotatable bonds is 4. The second-order valence-electron chi connectivity index (χ2n) is 3.55. The highest BCUT2D eigenvalue weighted by atomic mass is 19.1. The van der Waals surface area contributed by atoms with Gasteiger partial charge in [0.25, 0.3) is 0 Å². The van der Waals surface area contributed by atoms with Crippen LogP contribution in [-0.4, -0.2) is 18.2 Å². The van der Waals surface area contributed by atoms with E-state index in [-0.39, 0.29) is 5.75 Å². The van der Waals surface area contributed by atoms with E-state index in [0.717, 1.165) is 0 Å². The molecule has 1 aromatic carbocycles. The van der Waals surface area contributed by atoms with Crippen LogP contribution >= 0.6 is 0 Å². The fraction of sp³-hybridized carbons (Fsp3) is 0.333. The standard InChI is InChI=1S/C12H15FN2O2/c1-3-16-9-5-7-8(6-15-12(7)14)10(13)11(9)17-4-2/h5-6,15H,3-4,14H2,1-2H3. The molecule has 0 radical (unpaired) electrons. The lowest BCUT2D eigenvalue weighted by Gasteiger charge is -2.12. The average Bonchev–Trinajstić information content (AvgIpc) is 2.67. The van der Waals surface area contributed by atoms with Gasteiger partial charge in [-0.3, -0.25) is 0 Å².